The Labute approximate surface area is 110 Å². The average molecular weight is 290 g/mol. The molecule has 0 aliphatic heterocycles. The molecule has 2 N–H and O–H groups in total. The van der Waals surface area contributed by atoms with Crippen molar-refractivity contribution in [1.82, 2.24) is 4.98 Å². The summed E-state index contributed by atoms with van der Waals surface area (Å²) in [5.41, 5.74) is -3.01. The molecule has 0 radical (unpaired) electrons. The summed E-state index contributed by atoms with van der Waals surface area (Å²) in [5.74, 6) is -1.61. The Kier molecular flexibility index (Phi) is 4.68. The van der Waals surface area contributed by atoms with E-state index in [2.05, 4.69) is 16.3 Å². The van der Waals surface area contributed by atoms with Crippen molar-refractivity contribution in [3.05, 3.63) is 36.2 Å². The summed E-state index contributed by atoms with van der Waals surface area (Å²) in [7, 11) is 0. The number of hydrogen-bond acceptors (Lipinski definition) is 4. The van der Waals surface area contributed by atoms with Crippen LogP contribution in [-0.4, -0.2) is 28.8 Å². The highest BCUT2D eigenvalue weighted by molar-refractivity contribution is 5.88. The third kappa shape index (κ3) is 3.97. The highest BCUT2D eigenvalue weighted by atomic mass is 19.4. The van der Waals surface area contributed by atoms with Crippen molar-refractivity contribution in [2.45, 2.75) is 6.18 Å². The summed E-state index contributed by atoms with van der Waals surface area (Å²) in [4.78, 5) is 24.7. The van der Waals surface area contributed by atoms with Gasteiger partial charge in [0.05, 0.1) is 5.69 Å². The van der Waals surface area contributed by atoms with Gasteiger partial charge in [0.1, 0.15) is 12.3 Å². The molecule has 0 aliphatic rings. The minimum absolute atomic E-state index is 0.187. The van der Waals surface area contributed by atoms with E-state index >= 15 is 0 Å². The van der Waals surface area contributed by atoms with Crippen molar-refractivity contribution in [2.75, 3.05) is 11.9 Å². The van der Waals surface area contributed by atoms with Crippen LogP contribution in [0.15, 0.2) is 24.8 Å². The van der Waals surface area contributed by atoms with Crippen LogP contribution in [0.4, 0.5) is 23.7 Å². The second-order valence-electron chi connectivity index (χ2n) is 3.41. The number of anilines is 1. The lowest BCUT2D eigenvalue weighted by Crippen LogP contribution is -2.20. The van der Waals surface area contributed by atoms with Gasteiger partial charge in [0.15, 0.2) is 5.69 Å². The van der Waals surface area contributed by atoms with Crippen LogP contribution in [0.1, 0.15) is 16.2 Å². The zero-order chi connectivity index (χ0) is 15.3. The maximum absolute atomic E-state index is 12.7. The van der Waals surface area contributed by atoms with Gasteiger partial charge < -0.3 is 9.84 Å². The van der Waals surface area contributed by atoms with Gasteiger partial charge in [-0.2, -0.15) is 13.2 Å². The molecule has 6 nitrogen and oxygen atoms in total. The fraction of sp³-hybridized carbons (Fsp3) is 0.182. The van der Waals surface area contributed by atoms with Gasteiger partial charge in [0.25, 0.3) is 0 Å². The van der Waals surface area contributed by atoms with Gasteiger partial charge in [-0.05, 0) is 12.1 Å². The predicted octanol–water partition coefficient (Wildman–Crippen LogP) is 2.53. The Balaban J connectivity index is 3.09. The van der Waals surface area contributed by atoms with Crippen LogP contribution in [0.2, 0.25) is 0 Å². The topological polar surface area (TPSA) is 88.5 Å². The largest absolute Gasteiger partial charge is 0.477 e. The number of ether oxygens (including phenoxy) is 1. The number of carbonyl (C=O) groups is 2. The molecule has 1 aromatic rings. The maximum Gasteiger partial charge on any atom is 0.435 e. The lowest BCUT2D eigenvalue weighted by Gasteiger charge is -2.13. The van der Waals surface area contributed by atoms with E-state index in [1.165, 1.54) is 6.08 Å². The first-order chi connectivity index (χ1) is 9.25. The fourth-order valence-electron chi connectivity index (χ4n) is 1.18. The zero-order valence-electron chi connectivity index (χ0n) is 9.90. The second kappa shape index (κ2) is 6.04. The molecule has 0 saturated carbocycles. The Morgan fingerprint density at radius 3 is 2.60 bits per heavy atom. The van der Waals surface area contributed by atoms with Crippen LogP contribution in [0.5, 0.6) is 0 Å². The summed E-state index contributed by atoms with van der Waals surface area (Å²) in [5, 5.41) is 10.4. The number of nitrogens with zero attached hydrogens (tertiary/aromatic N) is 1. The van der Waals surface area contributed by atoms with Gasteiger partial charge in [-0.3, -0.25) is 5.32 Å². The first kappa shape index (κ1) is 15.5. The van der Waals surface area contributed by atoms with E-state index in [1.807, 2.05) is 5.32 Å². The van der Waals surface area contributed by atoms with Crippen molar-refractivity contribution in [2.24, 2.45) is 0 Å². The summed E-state index contributed by atoms with van der Waals surface area (Å²) in [6, 6.07) is 1.62. The number of aromatic carboxylic acids is 1. The molecular weight excluding hydrogens is 281 g/mol. The summed E-state index contributed by atoms with van der Waals surface area (Å²) >= 11 is 0. The van der Waals surface area contributed by atoms with Crippen molar-refractivity contribution in [3.63, 3.8) is 0 Å². The third-order valence-electron chi connectivity index (χ3n) is 1.95. The monoisotopic (exact) mass is 290 g/mol. The average Bonchev–Trinajstić information content (AvgIpc) is 2.35. The van der Waals surface area contributed by atoms with Gasteiger partial charge >= 0.3 is 18.2 Å². The molecule has 0 aromatic carbocycles. The number of rotatable bonds is 4. The van der Waals surface area contributed by atoms with Crippen LogP contribution in [0, 0.1) is 0 Å². The molecule has 108 valence electrons. The van der Waals surface area contributed by atoms with Crippen LogP contribution >= 0.6 is 0 Å². The molecule has 1 rings (SSSR count). The van der Waals surface area contributed by atoms with Crippen molar-refractivity contribution < 1.29 is 32.6 Å². The maximum atomic E-state index is 12.7. The smallest absolute Gasteiger partial charge is 0.435 e. The summed E-state index contributed by atoms with van der Waals surface area (Å²) in [6.07, 6.45) is -4.83. The van der Waals surface area contributed by atoms with Gasteiger partial charge in [-0.25, -0.2) is 14.6 Å². The van der Waals surface area contributed by atoms with Gasteiger partial charge in [0, 0.05) is 0 Å². The Morgan fingerprint density at radius 1 is 1.45 bits per heavy atom. The number of carboxylic acids is 1. The van der Waals surface area contributed by atoms with Gasteiger partial charge in [-0.1, -0.05) is 12.7 Å². The molecule has 0 bridgehead atoms. The molecule has 1 aromatic heterocycles. The van der Waals surface area contributed by atoms with Gasteiger partial charge in [-0.15, -0.1) is 0 Å². The van der Waals surface area contributed by atoms with E-state index in [-0.39, 0.29) is 6.61 Å². The van der Waals surface area contributed by atoms with E-state index in [0.717, 1.165) is 12.1 Å². The first-order valence-electron chi connectivity index (χ1n) is 5.12. The number of halogens is 3. The minimum atomic E-state index is -4.92. The fourth-order valence-corrected chi connectivity index (χ4v) is 1.18. The number of alkyl halides is 3. The molecule has 0 fully saturated rings. The van der Waals surface area contributed by atoms with Crippen LogP contribution in [-0.2, 0) is 10.9 Å². The van der Waals surface area contributed by atoms with Gasteiger partial charge in [0.2, 0.25) is 0 Å². The highest BCUT2D eigenvalue weighted by Gasteiger charge is 2.37. The number of hydrogen-bond donors (Lipinski definition) is 2. The third-order valence-corrected chi connectivity index (χ3v) is 1.95. The van der Waals surface area contributed by atoms with Crippen molar-refractivity contribution in [3.8, 4) is 0 Å². The normalized spacial score (nSPS) is 10.8. The second-order valence-corrected chi connectivity index (χ2v) is 3.41. The van der Waals surface area contributed by atoms with Crippen molar-refractivity contribution in [1.29, 1.82) is 0 Å². The van der Waals surface area contributed by atoms with E-state index in [1.54, 1.807) is 0 Å². The number of amides is 1. The molecule has 0 atom stereocenters. The van der Waals surface area contributed by atoms with E-state index in [9.17, 15) is 22.8 Å². The summed E-state index contributed by atoms with van der Waals surface area (Å²) < 4.78 is 42.7. The van der Waals surface area contributed by atoms with Crippen LogP contribution in [0.25, 0.3) is 0 Å². The number of carboxylic acid groups (broad SMARTS) is 1. The number of carbonyl (C=O) groups excluding carboxylic acids is 1. The molecule has 0 unspecified atom stereocenters. The molecule has 0 aliphatic carbocycles. The number of nitrogens with one attached hydrogen (secondary N) is 1. The lowest BCUT2D eigenvalue weighted by molar-refractivity contribution is -0.140. The standard InChI is InChI=1S/C11H9F3N2O4/c1-2-5-20-10(19)16-6-3-4-7(9(17)18)15-8(6)11(12,13)14/h2-4H,1,5H2,(H,16,19)(H,17,18). The molecule has 1 amide bonds. The number of aromatic nitrogens is 1. The minimum Gasteiger partial charge on any atom is -0.477 e. The van der Waals surface area contributed by atoms with Crippen LogP contribution in [0.3, 0.4) is 0 Å². The predicted molar refractivity (Wildman–Crippen MR) is 61.4 cm³/mol. The summed E-state index contributed by atoms with van der Waals surface area (Å²) in [6.45, 7) is 3.08. The molecule has 9 heteroatoms. The number of pyridine rings is 1. The highest BCUT2D eigenvalue weighted by Crippen LogP contribution is 2.33. The Bertz CT molecular complexity index is 543. The van der Waals surface area contributed by atoms with Crippen molar-refractivity contribution >= 4 is 17.7 Å². The van der Waals surface area contributed by atoms with E-state index in [0.29, 0.717) is 0 Å². The van der Waals surface area contributed by atoms with E-state index in [4.69, 9.17) is 5.11 Å². The molecule has 20 heavy (non-hydrogen) atoms. The first-order valence-corrected chi connectivity index (χ1v) is 5.12. The molecule has 0 spiro atoms. The van der Waals surface area contributed by atoms with E-state index < -0.39 is 35.3 Å². The molecule has 1 heterocycles. The molecular formula is C11H9F3N2O4. The molecule has 0 saturated heterocycles. The quantitative estimate of drug-likeness (QED) is 0.832. The lowest BCUT2D eigenvalue weighted by atomic mass is 10.2. The Hall–Kier alpha value is -2.58. The zero-order valence-corrected chi connectivity index (χ0v) is 9.90. The Morgan fingerprint density at radius 2 is 2.10 bits per heavy atom. The SMILES string of the molecule is C=CCOC(=O)Nc1ccc(C(=O)O)nc1C(F)(F)F. The van der Waals surface area contributed by atoms with Crippen LogP contribution < -0.4 is 5.32 Å².